The lowest BCUT2D eigenvalue weighted by atomic mass is 9.86. The summed E-state index contributed by atoms with van der Waals surface area (Å²) in [7, 11) is 0. The number of aromatic hydroxyl groups is 1. The van der Waals surface area contributed by atoms with Crippen molar-refractivity contribution in [2.24, 2.45) is 0 Å². The molecule has 4 fully saturated rings. The summed E-state index contributed by atoms with van der Waals surface area (Å²) in [6, 6.07) is 15.5. The minimum absolute atomic E-state index is 0.0941. The molecule has 0 unspecified atom stereocenters. The van der Waals surface area contributed by atoms with E-state index in [4.69, 9.17) is 35.8 Å². The number of carbonyl (C=O) groups is 4. The third-order valence-electron chi connectivity index (χ3n) is 19.3. The Morgan fingerprint density at radius 1 is 0.612 bits per heavy atom. The molecule has 85 heavy (non-hydrogen) atoms. The predicted octanol–water partition coefficient (Wildman–Crippen LogP) is 8.23. The molecule has 2 atom stereocenters. The van der Waals surface area contributed by atoms with Gasteiger partial charge in [0.05, 0.1) is 58.0 Å². The van der Waals surface area contributed by atoms with Gasteiger partial charge in [-0.05, 0) is 164 Å². The predicted molar refractivity (Wildman–Crippen MR) is 317 cm³/mol. The fourth-order valence-corrected chi connectivity index (χ4v) is 14.2. The molecule has 8 aliphatic rings. The number of cyclic esters (lactones) is 2. The van der Waals surface area contributed by atoms with Crippen molar-refractivity contribution >= 4 is 56.8 Å². The van der Waals surface area contributed by atoms with E-state index in [1.165, 1.54) is 64.7 Å². The number of ether oxygens (including phenoxy) is 3. The fourth-order valence-electron chi connectivity index (χ4n) is 14.0. The molecule has 8 aliphatic heterocycles. The van der Waals surface area contributed by atoms with Crippen LogP contribution >= 0.6 is 11.6 Å². The number of hydrogen-bond acceptors (Lipinski definition) is 16. The number of phenolic OH excluding ortho intramolecular Hbond substituents is 1. The van der Waals surface area contributed by atoms with Crippen molar-refractivity contribution in [2.45, 2.75) is 154 Å². The summed E-state index contributed by atoms with van der Waals surface area (Å²) in [6.07, 6.45) is 11.9. The first-order valence-corrected chi connectivity index (χ1v) is 30.6. The number of aryl methyl sites for hydroxylation is 2. The van der Waals surface area contributed by atoms with Crippen LogP contribution in [0.5, 0.6) is 11.5 Å². The Labute approximate surface area is 496 Å². The molecule has 4 saturated heterocycles. The summed E-state index contributed by atoms with van der Waals surface area (Å²) < 4.78 is 19.4. The van der Waals surface area contributed by atoms with E-state index in [1.54, 1.807) is 58.2 Å². The SMILES string of the molecule is CC[C@@]1(O)C(=O)OCc2c1cc1n(c2=O)Cc2cc3c(C)c(O)ccc3nc2-1.CC[C@@]1(O)C(=O)OCc2c1cc1n(c2=O)Cc2cc3c(C)c(OC(=O)N4CCC(N5CCCCC5)CC4)ccc3nc2-1.O=C(Cl)N1CCC(N2CCCCC2)CC1. The Kier molecular flexibility index (Phi) is 15.9. The topological polar surface area (TPSA) is 239 Å². The monoisotopic (exact) mass is 1180 g/mol. The zero-order chi connectivity index (χ0) is 59.6. The maximum Gasteiger partial charge on any atom is 0.415 e. The number of aliphatic hydroxyl groups is 2. The van der Waals surface area contributed by atoms with E-state index in [9.17, 15) is 44.1 Å². The molecule has 0 saturated carbocycles. The summed E-state index contributed by atoms with van der Waals surface area (Å²) in [5.41, 5.74) is 4.02. The van der Waals surface area contributed by atoms with Crippen molar-refractivity contribution < 1.29 is 48.7 Å². The zero-order valence-corrected chi connectivity index (χ0v) is 49.5. The minimum atomic E-state index is -1.86. The van der Waals surface area contributed by atoms with Gasteiger partial charge in [0.15, 0.2) is 11.2 Å². The largest absolute Gasteiger partial charge is 0.508 e. The highest BCUT2D eigenvalue weighted by atomic mass is 35.5. The molecule has 6 aromatic rings. The molecule has 14 rings (SSSR count). The molecule has 21 heteroatoms. The van der Waals surface area contributed by atoms with Crippen molar-refractivity contribution in [3.63, 3.8) is 0 Å². The molecular weight excluding hydrogens is 1110 g/mol. The molecule has 448 valence electrons. The van der Waals surface area contributed by atoms with Gasteiger partial charge in [0.2, 0.25) is 0 Å². The van der Waals surface area contributed by atoms with Crippen molar-refractivity contribution in [2.75, 3.05) is 52.4 Å². The second-order valence-electron chi connectivity index (χ2n) is 24.0. The maximum atomic E-state index is 13.4. The molecule has 0 bridgehead atoms. The first kappa shape index (κ1) is 58.2. The Morgan fingerprint density at radius 2 is 1.05 bits per heavy atom. The van der Waals surface area contributed by atoms with Gasteiger partial charge in [0.1, 0.15) is 24.7 Å². The van der Waals surface area contributed by atoms with Gasteiger partial charge in [0.25, 0.3) is 11.1 Å². The lowest BCUT2D eigenvalue weighted by molar-refractivity contribution is -0.172. The van der Waals surface area contributed by atoms with Gasteiger partial charge in [-0.3, -0.25) is 14.4 Å². The molecule has 20 nitrogen and oxygen atoms in total. The molecule has 0 spiro atoms. The minimum Gasteiger partial charge on any atom is -0.508 e. The highest BCUT2D eigenvalue weighted by Gasteiger charge is 2.47. The van der Waals surface area contributed by atoms with Gasteiger partial charge in [-0.2, -0.15) is 0 Å². The number of carbonyl (C=O) groups excluding carboxylic acids is 4. The standard InChI is InChI=1S/C32H36N4O6.C21H18N2O5.C11H19ClN2O/c1-3-32(40)24-16-26-28-20(17-36(26)29(37)23(24)18-41-30(32)38)15-22-19(2)27(8-7-25(22)33-28)42-31(39)35-13-9-21(10-14-35)34-11-5-4-6-12-34;1-3-21(27)14-7-16-18-11(6-12-10(2)17(24)5-4-15(12)22-18)8-23(16)19(25)13(14)9-28-20(21)26;12-11(15)14-8-4-10(5-9-14)13-6-2-1-3-7-13/h7-8,15-16,21,40H,3-6,9-14,17-18H2,1-2H3;4-7,24,27H,3,8-9H2,1-2H3;10H,1-9H2/t32-;21-;/m00./s1. The van der Waals surface area contributed by atoms with Crippen LogP contribution in [0.25, 0.3) is 44.6 Å². The summed E-state index contributed by atoms with van der Waals surface area (Å²) >= 11 is 5.46. The quantitative estimate of drug-likeness (QED) is 0.0835. The van der Waals surface area contributed by atoms with Gasteiger partial charge < -0.3 is 58.3 Å². The van der Waals surface area contributed by atoms with Gasteiger partial charge in [-0.15, -0.1) is 0 Å². The lowest BCUT2D eigenvalue weighted by Gasteiger charge is -2.39. The zero-order valence-electron chi connectivity index (χ0n) is 48.7. The van der Waals surface area contributed by atoms with Gasteiger partial charge >= 0.3 is 23.4 Å². The van der Waals surface area contributed by atoms with Crippen LogP contribution < -0.4 is 15.9 Å². The van der Waals surface area contributed by atoms with Crippen LogP contribution in [0.1, 0.15) is 135 Å². The third-order valence-corrected chi connectivity index (χ3v) is 19.5. The van der Waals surface area contributed by atoms with Crippen LogP contribution in [-0.4, -0.2) is 142 Å². The third kappa shape index (κ3) is 10.4. The second-order valence-corrected chi connectivity index (χ2v) is 24.3. The number of phenols is 1. The van der Waals surface area contributed by atoms with E-state index >= 15 is 0 Å². The summed E-state index contributed by atoms with van der Waals surface area (Å²) in [5, 5.41) is 33.3. The van der Waals surface area contributed by atoms with Crippen molar-refractivity contribution in [1.29, 1.82) is 0 Å². The number of benzene rings is 2. The van der Waals surface area contributed by atoms with Crippen molar-refractivity contribution in [3.05, 3.63) is 114 Å². The van der Waals surface area contributed by atoms with Crippen LogP contribution in [0.3, 0.4) is 0 Å². The van der Waals surface area contributed by atoms with E-state index in [0.717, 1.165) is 71.8 Å². The van der Waals surface area contributed by atoms with Crippen LogP contribution in [0.15, 0.2) is 58.1 Å². The first-order valence-electron chi connectivity index (χ1n) is 30.2. The lowest BCUT2D eigenvalue weighted by Crippen LogP contribution is -2.48. The molecule has 0 aliphatic carbocycles. The average molecular weight is 1180 g/mol. The Balaban J connectivity index is 0.000000141. The molecule has 12 heterocycles. The van der Waals surface area contributed by atoms with Gasteiger partial charge in [-0.25, -0.2) is 24.4 Å². The van der Waals surface area contributed by atoms with Crippen LogP contribution in [-0.2, 0) is 56.6 Å². The number of piperidine rings is 4. The Hall–Kier alpha value is -7.23. The van der Waals surface area contributed by atoms with E-state index in [-0.39, 0.29) is 54.4 Å². The number of aromatic nitrogens is 4. The van der Waals surface area contributed by atoms with Crippen molar-refractivity contribution in [1.82, 2.24) is 38.7 Å². The maximum absolute atomic E-state index is 13.4. The van der Waals surface area contributed by atoms with Crippen LogP contribution in [0, 0.1) is 13.8 Å². The van der Waals surface area contributed by atoms with E-state index < -0.39 is 23.1 Å². The Morgan fingerprint density at radius 3 is 1.49 bits per heavy atom. The molecule has 0 radical (unpaired) electrons. The highest BCUT2D eigenvalue weighted by molar-refractivity contribution is 6.62. The second kappa shape index (κ2) is 23.2. The van der Waals surface area contributed by atoms with E-state index in [1.807, 2.05) is 36.9 Å². The normalized spacial score (nSPS) is 22.2. The van der Waals surface area contributed by atoms with Gasteiger partial charge in [-0.1, -0.05) is 26.7 Å². The number of hydrogen-bond donors (Lipinski definition) is 3. The van der Waals surface area contributed by atoms with E-state index in [2.05, 4.69) is 9.80 Å². The molecule has 4 aromatic heterocycles. The first-order chi connectivity index (χ1) is 40.9. The summed E-state index contributed by atoms with van der Waals surface area (Å²) in [6.45, 7) is 15.3. The molecule has 3 N–H and O–H groups in total. The number of rotatable bonds is 5. The number of halogens is 1. The summed E-state index contributed by atoms with van der Waals surface area (Å²) in [4.78, 5) is 93.6. The Bertz CT molecular complexity index is 3820. The number of esters is 2. The number of amides is 2. The van der Waals surface area contributed by atoms with E-state index in [0.29, 0.717) is 100 Å². The number of fused-ring (bicyclic) bond motifs is 10. The fraction of sp³-hybridized carbons (Fsp3) is 0.500. The molecular formula is C64H73ClN8O12. The van der Waals surface area contributed by atoms with Crippen LogP contribution in [0.2, 0.25) is 0 Å². The number of pyridine rings is 4. The van der Waals surface area contributed by atoms with Crippen LogP contribution in [0.4, 0.5) is 9.59 Å². The molecule has 2 amide bonds. The number of likely N-dealkylation sites (tertiary alicyclic amines) is 4. The number of nitrogens with zero attached hydrogens (tertiary/aromatic N) is 8. The highest BCUT2D eigenvalue weighted by Crippen LogP contribution is 2.42. The summed E-state index contributed by atoms with van der Waals surface area (Å²) in [5.74, 6) is -0.779. The van der Waals surface area contributed by atoms with Crippen molar-refractivity contribution in [3.8, 4) is 34.3 Å². The average Bonchev–Trinajstić information content (AvgIpc) is 1.89. The molecule has 2 aromatic carbocycles. The smallest absolute Gasteiger partial charge is 0.415 e. The van der Waals surface area contributed by atoms with Gasteiger partial charge in [0, 0.05) is 82.4 Å².